The zero-order chi connectivity index (χ0) is 15.2. The smallest absolute Gasteiger partial charge is 0.176 e. The van der Waals surface area contributed by atoms with E-state index in [2.05, 4.69) is 5.32 Å². The Morgan fingerprint density at radius 3 is 2.45 bits per heavy atom. The van der Waals surface area contributed by atoms with Gasteiger partial charge in [-0.05, 0) is 31.0 Å². The summed E-state index contributed by atoms with van der Waals surface area (Å²) in [5.74, 6) is 1.54. The van der Waals surface area contributed by atoms with E-state index in [-0.39, 0.29) is 5.78 Å². The van der Waals surface area contributed by atoms with Gasteiger partial charge in [0.1, 0.15) is 13.2 Å². The van der Waals surface area contributed by atoms with E-state index in [1.54, 1.807) is 6.07 Å². The monoisotopic (exact) mass is 303 g/mol. The lowest BCUT2D eigenvalue weighted by atomic mass is 9.96. The van der Waals surface area contributed by atoms with E-state index in [1.807, 2.05) is 12.1 Å². The van der Waals surface area contributed by atoms with Gasteiger partial charge in [0.05, 0.1) is 6.54 Å². The third-order valence-electron chi connectivity index (χ3n) is 4.52. The van der Waals surface area contributed by atoms with Crippen molar-refractivity contribution in [2.75, 3.05) is 19.8 Å². The third kappa shape index (κ3) is 4.01. The number of hydrogen-bond acceptors (Lipinski definition) is 4. The van der Waals surface area contributed by atoms with E-state index < -0.39 is 0 Å². The van der Waals surface area contributed by atoms with E-state index in [0.29, 0.717) is 37.1 Å². The number of ketones is 1. The van der Waals surface area contributed by atoms with E-state index in [0.717, 1.165) is 5.75 Å². The fraction of sp³-hybridized carbons (Fsp3) is 0.611. The van der Waals surface area contributed by atoms with Gasteiger partial charge in [-0.25, -0.2) is 0 Å². The van der Waals surface area contributed by atoms with Crippen molar-refractivity contribution in [3.05, 3.63) is 23.8 Å². The highest BCUT2D eigenvalue weighted by Gasteiger charge is 2.16. The number of carbonyl (C=O) groups is 1. The molecule has 1 aliphatic carbocycles. The molecule has 0 unspecified atom stereocenters. The SMILES string of the molecule is O=C(CNC1CCCCCCC1)c1ccc2c(c1)OCCO2. The number of carbonyl (C=O) groups excluding carboxylic acids is 1. The summed E-state index contributed by atoms with van der Waals surface area (Å²) in [4.78, 5) is 12.4. The molecule has 3 rings (SSSR count). The summed E-state index contributed by atoms with van der Waals surface area (Å²) in [5.41, 5.74) is 0.697. The number of nitrogens with one attached hydrogen (secondary N) is 1. The topological polar surface area (TPSA) is 47.6 Å². The second kappa shape index (κ2) is 7.63. The Kier molecular flexibility index (Phi) is 5.33. The van der Waals surface area contributed by atoms with Crippen molar-refractivity contribution < 1.29 is 14.3 Å². The molecule has 1 aromatic rings. The molecule has 1 heterocycles. The molecule has 2 aliphatic rings. The maximum atomic E-state index is 12.4. The fourth-order valence-corrected chi connectivity index (χ4v) is 3.22. The van der Waals surface area contributed by atoms with Gasteiger partial charge in [0.25, 0.3) is 0 Å². The molecule has 1 fully saturated rings. The first-order chi connectivity index (χ1) is 10.8. The molecule has 1 N–H and O–H groups in total. The average molecular weight is 303 g/mol. The van der Waals surface area contributed by atoms with Crippen LogP contribution in [0.4, 0.5) is 0 Å². The summed E-state index contributed by atoms with van der Waals surface area (Å²) >= 11 is 0. The van der Waals surface area contributed by atoms with Gasteiger partial charge in [-0.15, -0.1) is 0 Å². The highest BCUT2D eigenvalue weighted by Crippen LogP contribution is 2.30. The molecule has 22 heavy (non-hydrogen) atoms. The molecule has 0 spiro atoms. The maximum Gasteiger partial charge on any atom is 0.176 e. The highest BCUT2D eigenvalue weighted by atomic mass is 16.6. The second-order valence-corrected chi connectivity index (χ2v) is 6.20. The molecule has 120 valence electrons. The standard InChI is InChI=1S/C18H25NO3/c20-16(13-19-15-6-4-2-1-3-5-7-15)14-8-9-17-18(12-14)22-11-10-21-17/h8-9,12,15,19H,1-7,10-11,13H2. The van der Waals surface area contributed by atoms with E-state index in [4.69, 9.17) is 9.47 Å². The van der Waals surface area contributed by atoms with Crippen LogP contribution in [0.2, 0.25) is 0 Å². The van der Waals surface area contributed by atoms with Crippen molar-refractivity contribution in [2.45, 2.75) is 51.0 Å². The quantitative estimate of drug-likeness (QED) is 0.867. The number of ether oxygens (including phenoxy) is 2. The largest absolute Gasteiger partial charge is 0.486 e. The molecule has 1 aliphatic heterocycles. The second-order valence-electron chi connectivity index (χ2n) is 6.20. The van der Waals surface area contributed by atoms with Crippen molar-refractivity contribution in [2.24, 2.45) is 0 Å². The molecule has 0 bridgehead atoms. The van der Waals surface area contributed by atoms with Crippen molar-refractivity contribution in [3.63, 3.8) is 0 Å². The van der Waals surface area contributed by atoms with Crippen LogP contribution in [0, 0.1) is 0 Å². The summed E-state index contributed by atoms with van der Waals surface area (Å²) < 4.78 is 11.0. The van der Waals surface area contributed by atoms with E-state index in [1.165, 1.54) is 44.9 Å². The first-order valence-electron chi connectivity index (χ1n) is 8.49. The molecule has 0 radical (unpaired) electrons. The molecule has 0 aromatic heterocycles. The lowest BCUT2D eigenvalue weighted by Crippen LogP contribution is -2.34. The Morgan fingerprint density at radius 1 is 1.00 bits per heavy atom. The molecule has 0 amide bonds. The zero-order valence-electron chi connectivity index (χ0n) is 13.1. The molecular formula is C18H25NO3. The minimum atomic E-state index is 0.124. The first kappa shape index (κ1) is 15.3. The van der Waals surface area contributed by atoms with Gasteiger partial charge >= 0.3 is 0 Å². The van der Waals surface area contributed by atoms with Crippen LogP contribution >= 0.6 is 0 Å². The number of fused-ring (bicyclic) bond motifs is 1. The predicted octanol–water partition coefficient (Wildman–Crippen LogP) is 3.34. The number of rotatable bonds is 4. The van der Waals surface area contributed by atoms with Gasteiger partial charge in [0, 0.05) is 11.6 Å². The molecule has 4 nitrogen and oxygen atoms in total. The molecule has 1 saturated carbocycles. The lowest BCUT2D eigenvalue weighted by Gasteiger charge is -2.21. The minimum absolute atomic E-state index is 0.124. The normalized spacial score (nSPS) is 19.3. The maximum absolute atomic E-state index is 12.4. The Bertz CT molecular complexity index is 507. The molecule has 4 heteroatoms. The average Bonchev–Trinajstić information content (AvgIpc) is 2.53. The Morgan fingerprint density at radius 2 is 1.68 bits per heavy atom. The predicted molar refractivity (Wildman–Crippen MR) is 85.9 cm³/mol. The third-order valence-corrected chi connectivity index (χ3v) is 4.52. The molecule has 0 saturated heterocycles. The molecule has 1 aromatic carbocycles. The van der Waals surface area contributed by atoms with Crippen LogP contribution in [0.25, 0.3) is 0 Å². The van der Waals surface area contributed by atoms with Crippen LogP contribution in [-0.2, 0) is 0 Å². The van der Waals surface area contributed by atoms with Crippen molar-refractivity contribution in [1.29, 1.82) is 0 Å². The van der Waals surface area contributed by atoms with Gasteiger partial charge in [0.15, 0.2) is 17.3 Å². The van der Waals surface area contributed by atoms with Crippen molar-refractivity contribution >= 4 is 5.78 Å². The van der Waals surface area contributed by atoms with Crippen LogP contribution in [0.15, 0.2) is 18.2 Å². The van der Waals surface area contributed by atoms with Gasteiger partial charge in [-0.2, -0.15) is 0 Å². The zero-order valence-corrected chi connectivity index (χ0v) is 13.1. The summed E-state index contributed by atoms with van der Waals surface area (Å²) in [6, 6.07) is 5.95. The number of benzene rings is 1. The lowest BCUT2D eigenvalue weighted by molar-refractivity contribution is 0.0984. The van der Waals surface area contributed by atoms with Crippen LogP contribution in [-0.4, -0.2) is 31.6 Å². The van der Waals surface area contributed by atoms with Gasteiger partial charge in [-0.1, -0.05) is 32.1 Å². The van der Waals surface area contributed by atoms with E-state index >= 15 is 0 Å². The number of Topliss-reactive ketones (excluding diaryl/α,β-unsaturated/α-hetero) is 1. The summed E-state index contributed by atoms with van der Waals surface area (Å²) in [6.45, 7) is 1.53. The first-order valence-corrected chi connectivity index (χ1v) is 8.49. The van der Waals surface area contributed by atoms with Gasteiger partial charge < -0.3 is 14.8 Å². The number of hydrogen-bond donors (Lipinski definition) is 1. The summed E-state index contributed by atoms with van der Waals surface area (Å²) in [5, 5.41) is 3.45. The van der Waals surface area contributed by atoms with Gasteiger partial charge in [-0.3, -0.25) is 4.79 Å². The van der Waals surface area contributed by atoms with Crippen molar-refractivity contribution in [3.8, 4) is 11.5 Å². The summed E-state index contributed by atoms with van der Waals surface area (Å²) in [7, 11) is 0. The van der Waals surface area contributed by atoms with E-state index in [9.17, 15) is 4.79 Å². The fourth-order valence-electron chi connectivity index (χ4n) is 3.22. The van der Waals surface area contributed by atoms with Crippen LogP contribution in [0.1, 0.15) is 55.3 Å². The van der Waals surface area contributed by atoms with Crippen LogP contribution in [0.3, 0.4) is 0 Å². The van der Waals surface area contributed by atoms with Crippen molar-refractivity contribution in [1.82, 2.24) is 5.32 Å². The highest BCUT2D eigenvalue weighted by molar-refractivity contribution is 5.98. The summed E-state index contributed by atoms with van der Waals surface area (Å²) in [6.07, 6.45) is 8.94. The van der Waals surface area contributed by atoms with Crippen LogP contribution in [0.5, 0.6) is 11.5 Å². The Labute approximate surface area is 132 Å². The molecular weight excluding hydrogens is 278 g/mol. The van der Waals surface area contributed by atoms with Crippen LogP contribution < -0.4 is 14.8 Å². The molecule has 0 atom stereocenters. The Hall–Kier alpha value is -1.55. The minimum Gasteiger partial charge on any atom is -0.486 e. The Balaban J connectivity index is 1.55. The van der Waals surface area contributed by atoms with Gasteiger partial charge in [0.2, 0.25) is 0 Å².